The highest BCUT2D eigenvalue weighted by Gasteiger charge is 2.12. The summed E-state index contributed by atoms with van der Waals surface area (Å²) >= 11 is 0. The fourth-order valence-corrected chi connectivity index (χ4v) is 2.84. The van der Waals surface area contributed by atoms with E-state index in [1.165, 1.54) is 0 Å². The van der Waals surface area contributed by atoms with Crippen LogP contribution in [-0.4, -0.2) is 40.1 Å². The molecule has 8 heteroatoms. The number of rotatable bonds is 8. The van der Waals surface area contributed by atoms with Crippen molar-refractivity contribution in [3.05, 3.63) is 47.5 Å². The van der Waals surface area contributed by atoms with Gasteiger partial charge < -0.3 is 18.9 Å². The molecular weight excluding hydrogens is 360 g/mol. The van der Waals surface area contributed by atoms with Crippen LogP contribution in [0.5, 0.6) is 23.0 Å². The van der Waals surface area contributed by atoms with Gasteiger partial charge in [0.15, 0.2) is 23.0 Å². The molecule has 1 heterocycles. The fraction of sp³-hybridized carbons (Fsp3) is 0.300. The van der Waals surface area contributed by atoms with E-state index in [1.807, 2.05) is 36.4 Å². The normalized spacial score (nSPS) is 12.9. The molecule has 148 valence electrons. The third kappa shape index (κ3) is 4.46. The molecule has 0 atom stereocenters. The lowest BCUT2D eigenvalue weighted by molar-refractivity contribution is 0.354. The fourth-order valence-electron chi connectivity index (χ4n) is 2.84. The molecule has 0 amide bonds. The van der Waals surface area contributed by atoms with Crippen molar-refractivity contribution in [2.45, 2.75) is 12.8 Å². The molecule has 0 saturated carbocycles. The molecule has 2 N–H and O–H groups in total. The number of hydrazone groups is 2. The van der Waals surface area contributed by atoms with Gasteiger partial charge >= 0.3 is 0 Å². The van der Waals surface area contributed by atoms with Crippen LogP contribution >= 0.6 is 0 Å². The third-order valence-electron chi connectivity index (χ3n) is 4.28. The van der Waals surface area contributed by atoms with Gasteiger partial charge in [0.25, 0.3) is 0 Å². The molecule has 3 rings (SSSR count). The Hall–Kier alpha value is -3.42. The first-order valence-corrected chi connectivity index (χ1v) is 8.73. The number of ether oxygens (including phenoxy) is 4. The Labute approximate surface area is 164 Å². The van der Waals surface area contributed by atoms with E-state index in [0.29, 0.717) is 47.5 Å². The number of hydrogen-bond acceptors (Lipinski definition) is 8. The molecule has 0 spiro atoms. The Morgan fingerprint density at radius 2 is 1.00 bits per heavy atom. The lowest BCUT2D eigenvalue weighted by atomic mass is 10.1. The topological polar surface area (TPSA) is 85.7 Å². The van der Waals surface area contributed by atoms with E-state index in [0.717, 1.165) is 11.1 Å². The summed E-state index contributed by atoms with van der Waals surface area (Å²) in [5, 5.41) is 8.75. The Kier molecular flexibility index (Phi) is 6.21. The summed E-state index contributed by atoms with van der Waals surface area (Å²) in [7, 11) is 6.46. The van der Waals surface area contributed by atoms with Crippen molar-refractivity contribution in [3.8, 4) is 23.0 Å². The van der Waals surface area contributed by atoms with Crippen molar-refractivity contribution in [3.63, 3.8) is 0 Å². The van der Waals surface area contributed by atoms with E-state index in [2.05, 4.69) is 21.1 Å². The van der Waals surface area contributed by atoms with Crippen LogP contribution in [0.15, 0.2) is 46.6 Å². The number of hydrogen-bond donors (Lipinski definition) is 2. The molecule has 1 aliphatic rings. The highest BCUT2D eigenvalue weighted by molar-refractivity contribution is 5.92. The van der Waals surface area contributed by atoms with Gasteiger partial charge in [-0.2, -0.15) is 10.2 Å². The zero-order valence-electron chi connectivity index (χ0n) is 16.4. The standard InChI is InChI=1S/C20H24N4O4/c1-25-15-7-5-13(9-17(15)27-3)11-19-21-23-20(24-22-19)12-14-6-8-16(26-2)18(10-14)28-4/h5-10H,11-12H2,1-4H3,(H,21,22)(H,23,24). The highest BCUT2D eigenvalue weighted by atomic mass is 16.5. The van der Waals surface area contributed by atoms with E-state index in [9.17, 15) is 0 Å². The van der Waals surface area contributed by atoms with Crippen molar-refractivity contribution in [1.29, 1.82) is 0 Å². The van der Waals surface area contributed by atoms with E-state index in [4.69, 9.17) is 18.9 Å². The van der Waals surface area contributed by atoms with Crippen molar-refractivity contribution < 1.29 is 18.9 Å². The predicted molar refractivity (Wildman–Crippen MR) is 108 cm³/mol. The Bertz CT molecular complexity index is 822. The summed E-state index contributed by atoms with van der Waals surface area (Å²) < 4.78 is 21.2. The minimum absolute atomic E-state index is 0.584. The highest BCUT2D eigenvalue weighted by Crippen LogP contribution is 2.28. The van der Waals surface area contributed by atoms with E-state index in [1.54, 1.807) is 28.4 Å². The van der Waals surface area contributed by atoms with Crippen LogP contribution in [0.2, 0.25) is 0 Å². The molecule has 0 radical (unpaired) electrons. The second-order valence-corrected chi connectivity index (χ2v) is 6.07. The van der Waals surface area contributed by atoms with E-state index < -0.39 is 0 Å². The van der Waals surface area contributed by atoms with Crippen LogP contribution < -0.4 is 29.8 Å². The smallest absolute Gasteiger partial charge is 0.161 e. The van der Waals surface area contributed by atoms with Crippen LogP contribution in [0.25, 0.3) is 0 Å². The minimum atomic E-state index is 0.584. The lowest BCUT2D eigenvalue weighted by Crippen LogP contribution is -2.35. The van der Waals surface area contributed by atoms with Gasteiger partial charge in [-0.3, -0.25) is 10.9 Å². The molecule has 2 aromatic carbocycles. The summed E-state index contributed by atoms with van der Waals surface area (Å²) in [5.41, 5.74) is 8.07. The van der Waals surface area contributed by atoms with Crippen LogP contribution in [0, 0.1) is 0 Å². The monoisotopic (exact) mass is 384 g/mol. The van der Waals surface area contributed by atoms with Crippen molar-refractivity contribution >= 4 is 11.7 Å². The largest absolute Gasteiger partial charge is 0.493 e. The first kappa shape index (κ1) is 19.3. The van der Waals surface area contributed by atoms with Gasteiger partial charge in [0.05, 0.1) is 28.4 Å². The maximum Gasteiger partial charge on any atom is 0.161 e. The molecule has 1 aliphatic heterocycles. The van der Waals surface area contributed by atoms with Gasteiger partial charge in [-0.1, -0.05) is 12.1 Å². The Morgan fingerprint density at radius 1 is 0.607 bits per heavy atom. The first-order valence-electron chi connectivity index (χ1n) is 8.73. The zero-order valence-corrected chi connectivity index (χ0v) is 16.4. The average Bonchev–Trinajstić information content (AvgIpc) is 2.74. The van der Waals surface area contributed by atoms with Crippen molar-refractivity contribution in [2.24, 2.45) is 10.2 Å². The number of nitrogens with zero attached hydrogens (tertiary/aromatic N) is 2. The summed E-state index contributed by atoms with van der Waals surface area (Å²) in [6, 6.07) is 11.5. The number of amidine groups is 2. The van der Waals surface area contributed by atoms with Crippen LogP contribution in [-0.2, 0) is 12.8 Å². The lowest BCUT2D eigenvalue weighted by Gasteiger charge is -2.16. The van der Waals surface area contributed by atoms with Crippen LogP contribution in [0.1, 0.15) is 11.1 Å². The van der Waals surface area contributed by atoms with Crippen LogP contribution in [0.3, 0.4) is 0 Å². The van der Waals surface area contributed by atoms with Crippen molar-refractivity contribution in [2.75, 3.05) is 28.4 Å². The molecule has 0 fully saturated rings. The molecule has 0 aromatic heterocycles. The zero-order chi connectivity index (χ0) is 19.9. The molecule has 2 aromatic rings. The molecule has 0 aliphatic carbocycles. The molecule has 0 saturated heterocycles. The minimum Gasteiger partial charge on any atom is -0.493 e. The number of methoxy groups -OCH3 is 4. The van der Waals surface area contributed by atoms with Gasteiger partial charge in [-0.05, 0) is 35.4 Å². The van der Waals surface area contributed by atoms with Gasteiger partial charge in [-0.25, -0.2) is 0 Å². The second-order valence-electron chi connectivity index (χ2n) is 6.07. The summed E-state index contributed by atoms with van der Waals surface area (Å²) in [6.45, 7) is 0. The maximum absolute atomic E-state index is 5.34. The quantitative estimate of drug-likeness (QED) is 0.727. The maximum atomic E-state index is 5.34. The summed E-state index contributed by atoms with van der Waals surface area (Å²) in [6.07, 6.45) is 1.17. The summed E-state index contributed by atoms with van der Waals surface area (Å²) in [5.74, 6) is 4.17. The van der Waals surface area contributed by atoms with Gasteiger partial charge in [0.2, 0.25) is 0 Å². The first-order chi connectivity index (χ1) is 13.7. The van der Waals surface area contributed by atoms with Gasteiger partial charge in [0, 0.05) is 12.8 Å². The summed E-state index contributed by atoms with van der Waals surface area (Å²) in [4.78, 5) is 0. The van der Waals surface area contributed by atoms with Crippen molar-refractivity contribution in [1.82, 2.24) is 10.9 Å². The number of benzene rings is 2. The van der Waals surface area contributed by atoms with Gasteiger partial charge in [-0.15, -0.1) is 0 Å². The Balaban J connectivity index is 1.61. The second kappa shape index (κ2) is 8.98. The van der Waals surface area contributed by atoms with E-state index >= 15 is 0 Å². The molecule has 28 heavy (non-hydrogen) atoms. The molecule has 0 unspecified atom stereocenters. The van der Waals surface area contributed by atoms with Gasteiger partial charge in [0.1, 0.15) is 11.7 Å². The molecule has 0 bridgehead atoms. The van der Waals surface area contributed by atoms with Crippen LogP contribution in [0.4, 0.5) is 0 Å². The average molecular weight is 384 g/mol. The third-order valence-corrected chi connectivity index (χ3v) is 4.28. The van der Waals surface area contributed by atoms with E-state index in [-0.39, 0.29) is 0 Å². The number of nitrogens with one attached hydrogen (secondary N) is 2. The SMILES string of the molecule is COc1ccc(CC2=NNC(Cc3ccc(OC)c(OC)c3)=NN2)cc1OC. The Morgan fingerprint density at radius 3 is 1.32 bits per heavy atom. The molecular formula is C20H24N4O4. The molecule has 8 nitrogen and oxygen atoms in total. The predicted octanol–water partition coefficient (Wildman–Crippen LogP) is 2.33.